The Kier molecular flexibility index (Phi) is 4.86. The molecule has 0 aliphatic carbocycles. The summed E-state index contributed by atoms with van der Waals surface area (Å²) in [4.78, 5) is 8.61. The summed E-state index contributed by atoms with van der Waals surface area (Å²) >= 11 is 3.37. The van der Waals surface area contributed by atoms with E-state index in [1.165, 1.54) is 0 Å². The first-order valence-corrected chi connectivity index (χ1v) is 6.43. The summed E-state index contributed by atoms with van der Waals surface area (Å²) in [6.07, 6.45) is 3.49. The normalized spacial score (nSPS) is 10.8. The number of rotatable bonds is 6. The predicted octanol–water partition coefficient (Wildman–Crippen LogP) is 1.81. The largest absolute Gasteiger partial charge is 0.394 e. The first kappa shape index (κ1) is 13.2. The maximum Gasteiger partial charge on any atom is 0.112 e. The number of fused-ring (bicyclic) bond motifs is 1. The molecule has 2 heterocycles. The maximum atomic E-state index is 8.58. The fourth-order valence-electron chi connectivity index (χ4n) is 1.57. The first-order chi connectivity index (χ1) is 8.81. The lowest BCUT2D eigenvalue weighted by Crippen LogP contribution is -2.11. The Labute approximate surface area is 113 Å². The Morgan fingerprint density at radius 1 is 1.33 bits per heavy atom. The molecular formula is C12H14BrN3O2. The number of hydrogen-bond donors (Lipinski definition) is 2. The molecule has 2 N–H and O–H groups in total. The molecule has 0 saturated heterocycles. The summed E-state index contributed by atoms with van der Waals surface area (Å²) in [5.74, 6) is 0. The fourth-order valence-corrected chi connectivity index (χ4v) is 1.89. The van der Waals surface area contributed by atoms with Gasteiger partial charge in [0.15, 0.2) is 0 Å². The summed E-state index contributed by atoms with van der Waals surface area (Å²) in [5.41, 5.74) is 2.61. The number of anilines is 1. The van der Waals surface area contributed by atoms with Crippen molar-refractivity contribution < 1.29 is 9.84 Å². The smallest absolute Gasteiger partial charge is 0.112 e. The highest BCUT2D eigenvalue weighted by molar-refractivity contribution is 9.10. The van der Waals surface area contributed by atoms with E-state index in [2.05, 4.69) is 31.2 Å². The van der Waals surface area contributed by atoms with E-state index in [9.17, 15) is 0 Å². The lowest BCUT2D eigenvalue weighted by atomic mass is 10.3. The van der Waals surface area contributed by atoms with Crippen LogP contribution in [0.4, 0.5) is 5.69 Å². The van der Waals surface area contributed by atoms with Gasteiger partial charge in [0.05, 0.1) is 31.0 Å². The molecule has 2 aromatic rings. The van der Waals surface area contributed by atoms with Crippen LogP contribution in [0.25, 0.3) is 11.0 Å². The Morgan fingerprint density at radius 3 is 3.06 bits per heavy atom. The van der Waals surface area contributed by atoms with E-state index in [1.807, 2.05) is 12.1 Å². The van der Waals surface area contributed by atoms with Gasteiger partial charge in [0.1, 0.15) is 5.52 Å². The number of nitrogens with one attached hydrogen (secondary N) is 1. The minimum atomic E-state index is 0.0494. The van der Waals surface area contributed by atoms with Gasteiger partial charge in [-0.1, -0.05) is 0 Å². The second-order valence-electron chi connectivity index (χ2n) is 3.64. The van der Waals surface area contributed by atoms with Crippen LogP contribution in [0.1, 0.15) is 0 Å². The van der Waals surface area contributed by atoms with Gasteiger partial charge in [-0.05, 0) is 28.1 Å². The van der Waals surface area contributed by atoms with Crippen molar-refractivity contribution in [2.24, 2.45) is 0 Å². The zero-order valence-electron chi connectivity index (χ0n) is 9.77. The topological polar surface area (TPSA) is 67.3 Å². The highest BCUT2D eigenvalue weighted by Gasteiger charge is 2.03. The molecule has 2 aromatic heterocycles. The zero-order chi connectivity index (χ0) is 12.8. The molecule has 0 spiro atoms. The van der Waals surface area contributed by atoms with E-state index >= 15 is 0 Å². The molecule has 0 fully saturated rings. The number of halogens is 1. The Morgan fingerprint density at radius 2 is 2.22 bits per heavy atom. The number of aliphatic hydroxyl groups is 1. The summed E-state index contributed by atoms with van der Waals surface area (Å²) in [7, 11) is 0. The number of pyridine rings is 2. The highest BCUT2D eigenvalue weighted by atomic mass is 79.9. The van der Waals surface area contributed by atoms with Crippen molar-refractivity contribution >= 4 is 32.7 Å². The van der Waals surface area contributed by atoms with E-state index in [-0.39, 0.29) is 6.61 Å². The second-order valence-corrected chi connectivity index (χ2v) is 4.56. The fraction of sp³-hybridized carbons (Fsp3) is 0.333. The quantitative estimate of drug-likeness (QED) is 0.796. The summed E-state index contributed by atoms with van der Waals surface area (Å²) in [5, 5.41) is 11.8. The Hall–Kier alpha value is -1.24. The van der Waals surface area contributed by atoms with Crippen molar-refractivity contribution in [3.63, 3.8) is 0 Å². The van der Waals surface area contributed by atoms with Gasteiger partial charge in [-0.3, -0.25) is 9.97 Å². The van der Waals surface area contributed by atoms with Crippen LogP contribution in [0.5, 0.6) is 0 Å². The molecular weight excluding hydrogens is 298 g/mol. The molecule has 0 aliphatic rings. The van der Waals surface area contributed by atoms with Gasteiger partial charge < -0.3 is 15.2 Å². The monoisotopic (exact) mass is 311 g/mol. The molecule has 18 heavy (non-hydrogen) atoms. The van der Waals surface area contributed by atoms with Gasteiger partial charge in [0, 0.05) is 23.4 Å². The number of ether oxygens (including phenoxy) is 1. The average Bonchev–Trinajstić information content (AvgIpc) is 2.38. The van der Waals surface area contributed by atoms with E-state index in [0.29, 0.717) is 19.8 Å². The molecule has 6 heteroatoms. The highest BCUT2D eigenvalue weighted by Crippen LogP contribution is 2.21. The molecule has 0 radical (unpaired) electrons. The third-order valence-electron chi connectivity index (χ3n) is 2.34. The second kappa shape index (κ2) is 6.63. The lowest BCUT2D eigenvalue weighted by molar-refractivity contribution is 0.0992. The molecule has 0 aromatic carbocycles. The molecule has 0 aliphatic heterocycles. The van der Waals surface area contributed by atoms with Gasteiger partial charge in [-0.2, -0.15) is 0 Å². The van der Waals surface area contributed by atoms with E-state index in [0.717, 1.165) is 21.2 Å². The summed E-state index contributed by atoms with van der Waals surface area (Å²) < 4.78 is 6.09. The first-order valence-electron chi connectivity index (χ1n) is 5.64. The van der Waals surface area contributed by atoms with Crippen LogP contribution in [0.2, 0.25) is 0 Å². The summed E-state index contributed by atoms with van der Waals surface area (Å²) in [6, 6.07) is 3.81. The maximum absolute atomic E-state index is 8.58. The van der Waals surface area contributed by atoms with Crippen LogP contribution in [-0.2, 0) is 4.74 Å². The van der Waals surface area contributed by atoms with Gasteiger partial charge in [-0.25, -0.2) is 0 Å². The molecule has 0 saturated carbocycles. The van der Waals surface area contributed by atoms with Crippen molar-refractivity contribution in [2.75, 3.05) is 31.7 Å². The van der Waals surface area contributed by atoms with Crippen molar-refractivity contribution in [1.82, 2.24) is 9.97 Å². The van der Waals surface area contributed by atoms with Crippen LogP contribution < -0.4 is 5.32 Å². The van der Waals surface area contributed by atoms with Crippen molar-refractivity contribution in [2.45, 2.75) is 0 Å². The third-order valence-corrected chi connectivity index (χ3v) is 2.78. The molecule has 0 bridgehead atoms. The van der Waals surface area contributed by atoms with E-state index in [1.54, 1.807) is 12.4 Å². The minimum absolute atomic E-state index is 0.0494. The van der Waals surface area contributed by atoms with Gasteiger partial charge in [0.25, 0.3) is 0 Å². The SMILES string of the molecule is OCCOCCNc1ccnc2cc(Br)cnc12. The van der Waals surface area contributed by atoms with Crippen molar-refractivity contribution in [1.29, 1.82) is 0 Å². The molecule has 5 nitrogen and oxygen atoms in total. The molecule has 0 atom stereocenters. The average molecular weight is 312 g/mol. The number of aromatic nitrogens is 2. The van der Waals surface area contributed by atoms with Crippen LogP contribution in [0.15, 0.2) is 29.0 Å². The van der Waals surface area contributed by atoms with Crippen LogP contribution in [0.3, 0.4) is 0 Å². The molecule has 96 valence electrons. The van der Waals surface area contributed by atoms with Crippen molar-refractivity contribution in [3.05, 3.63) is 29.0 Å². The minimum Gasteiger partial charge on any atom is -0.394 e. The van der Waals surface area contributed by atoms with Crippen LogP contribution in [-0.4, -0.2) is 41.4 Å². The molecule has 0 unspecified atom stereocenters. The van der Waals surface area contributed by atoms with Crippen LogP contribution in [0, 0.1) is 0 Å². The lowest BCUT2D eigenvalue weighted by Gasteiger charge is -2.08. The number of nitrogens with zero attached hydrogens (tertiary/aromatic N) is 2. The van der Waals surface area contributed by atoms with Gasteiger partial charge in [0.2, 0.25) is 0 Å². The van der Waals surface area contributed by atoms with Gasteiger partial charge >= 0.3 is 0 Å². The van der Waals surface area contributed by atoms with E-state index < -0.39 is 0 Å². The molecule has 2 rings (SSSR count). The van der Waals surface area contributed by atoms with Crippen LogP contribution >= 0.6 is 15.9 Å². The van der Waals surface area contributed by atoms with Gasteiger partial charge in [-0.15, -0.1) is 0 Å². The Bertz CT molecular complexity index is 522. The third kappa shape index (κ3) is 3.38. The standard InChI is InChI=1S/C12H14BrN3O2/c13-9-7-11-12(16-8-9)10(1-2-14-11)15-3-5-18-6-4-17/h1-2,7-8,17H,3-6H2,(H,14,15). The van der Waals surface area contributed by atoms with E-state index in [4.69, 9.17) is 9.84 Å². The number of hydrogen-bond acceptors (Lipinski definition) is 5. The molecule has 0 amide bonds. The van der Waals surface area contributed by atoms with Crippen molar-refractivity contribution in [3.8, 4) is 0 Å². The summed E-state index contributed by atoms with van der Waals surface area (Å²) in [6.45, 7) is 1.62. The number of aliphatic hydroxyl groups excluding tert-OH is 1. The predicted molar refractivity (Wildman–Crippen MR) is 73.6 cm³/mol. The Balaban J connectivity index is 2.04. The zero-order valence-corrected chi connectivity index (χ0v) is 11.4.